The van der Waals surface area contributed by atoms with Gasteiger partial charge in [-0.05, 0) is 63.8 Å². The number of methoxy groups -OCH3 is 1. The summed E-state index contributed by atoms with van der Waals surface area (Å²) in [5.74, 6) is 0. The SMILES string of the molecule is COCC=C(C)C=CCC(C)=C=Cc1c(C)sc(C)c1C. The Kier molecular flexibility index (Phi) is 7.45. The Morgan fingerprint density at radius 2 is 1.90 bits per heavy atom. The van der Waals surface area contributed by atoms with Gasteiger partial charge < -0.3 is 4.74 Å². The van der Waals surface area contributed by atoms with Crippen LogP contribution in [0.3, 0.4) is 0 Å². The fourth-order valence-electron chi connectivity index (χ4n) is 1.98. The van der Waals surface area contributed by atoms with Gasteiger partial charge in [0.1, 0.15) is 0 Å². The number of aryl methyl sites for hydroxylation is 2. The van der Waals surface area contributed by atoms with Gasteiger partial charge in [-0.1, -0.05) is 23.8 Å². The van der Waals surface area contributed by atoms with E-state index in [0.717, 1.165) is 6.42 Å². The van der Waals surface area contributed by atoms with Crippen molar-refractivity contribution in [3.8, 4) is 0 Å². The van der Waals surface area contributed by atoms with Gasteiger partial charge in [0.25, 0.3) is 0 Å². The van der Waals surface area contributed by atoms with Crippen LogP contribution in [0.1, 0.15) is 41.1 Å². The van der Waals surface area contributed by atoms with Crippen LogP contribution in [0, 0.1) is 20.8 Å². The van der Waals surface area contributed by atoms with Crippen LogP contribution in [0.4, 0.5) is 0 Å². The molecule has 0 aliphatic carbocycles. The van der Waals surface area contributed by atoms with E-state index in [1.54, 1.807) is 7.11 Å². The van der Waals surface area contributed by atoms with E-state index in [4.69, 9.17) is 4.74 Å². The average molecular weight is 302 g/mol. The minimum Gasteiger partial charge on any atom is -0.381 e. The molecule has 1 nitrogen and oxygen atoms in total. The minimum atomic E-state index is 0.668. The number of hydrogen-bond donors (Lipinski definition) is 0. The van der Waals surface area contributed by atoms with Crippen LogP contribution in [0.25, 0.3) is 6.08 Å². The van der Waals surface area contributed by atoms with E-state index in [-0.39, 0.29) is 0 Å². The average Bonchev–Trinajstić information content (AvgIpc) is 2.68. The third-order valence-electron chi connectivity index (χ3n) is 3.46. The molecule has 1 rings (SSSR count). The Morgan fingerprint density at radius 3 is 2.48 bits per heavy atom. The lowest BCUT2D eigenvalue weighted by atomic mass is 10.1. The smallest absolute Gasteiger partial charge is 0.0649 e. The summed E-state index contributed by atoms with van der Waals surface area (Å²) in [4.78, 5) is 2.77. The zero-order valence-electron chi connectivity index (χ0n) is 14.0. The van der Waals surface area contributed by atoms with Crippen LogP contribution in [0.15, 0.2) is 35.1 Å². The fraction of sp³-hybridized carbons (Fsp3) is 0.421. The van der Waals surface area contributed by atoms with Crippen molar-refractivity contribution >= 4 is 17.4 Å². The van der Waals surface area contributed by atoms with Crippen molar-refractivity contribution in [2.75, 3.05) is 13.7 Å². The Bertz CT molecular complexity index is 593. The molecule has 0 aromatic carbocycles. The summed E-state index contributed by atoms with van der Waals surface area (Å²) in [6.07, 6.45) is 9.44. The molecule has 0 unspecified atom stereocenters. The summed E-state index contributed by atoms with van der Waals surface area (Å²) in [5, 5.41) is 0. The van der Waals surface area contributed by atoms with Crippen LogP contribution in [-0.4, -0.2) is 13.7 Å². The second kappa shape index (κ2) is 8.84. The molecule has 0 radical (unpaired) electrons. The highest BCUT2D eigenvalue weighted by Gasteiger charge is 2.05. The second-order valence-corrected chi connectivity index (χ2v) is 6.76. The normalized spacial score (nSPS) is 11.8. The maximum atomic E-state index is 5.02. The minimum absolute atomic E-state index is 0.668. The molecule has 0 aliphatic heterocycles. The number of allylic oxidation sites excluding steroid dienone is 4. The molecular weight excluding hydrogens is 276 g/mol. The van der Waals surface area contributed by atoms with E-state index in [1.807, 2.05) is 11.3 Å². The third-order valence-corrected chi connectivity index (χ3v) is 4.60. The lowest BCUT2D eigenvalue weighted by molar-refractivity contribution is 0.233. The molecule has 0 atom stereocenters. The molecule has 0 saturated heterocycles. The van der Waals surface area contributed by atoms with Crippen molar-refractivity contribution in [2.45, 2.75) is 41.0 Å². The highest BCUT2D eigenvalue weighted by Crippen LogP contribution is 2.27. The first-order valence-electron chi connectivity index (χ1n) is 7.26. The highest BCUT2D eigenvalue weighted by molar-refractivity contribution is 7.12. The third kappa shape index (κ3) is 5.89. The van der Waals surface area contributed by atoms with Gasteiger partial charge in [-0.15, -0.1) is 17.1 Å². The van der Waals surface area contributed by atoms with Crippen molar-refractivity contribution in [1.82, 2.24) is 0 Å². The van der Waals surface area contributed by atoms with Gasteiger partial charge in [0.2, 0.25) is 0 Å². The van der Waals surface area contributed by atoms with Gasteiger partial charge in [0, 0.05) is 16.9 Å². The highest BCUT2D eigenvalue weighted by atomic mass is 32.1. The van der Waals surface area contributed by atoms with Crippen molar-refractivity contribution in [1.29, 1.82) is 0 Å². The predicted molar refractivity (Wildman–Crippen MR) is 95.1 cm³/mol. The molecule has 0 spiro atoms. The lowest BCUT2D eigenvalue weighted by Crippen LogP contribution is -1.82. The summed E-state index contributed by atoms with van der Waals surface area (Å²) in [6, 6.07) is 0. The lowest BCUT2D eigenvalue weighted by Gasteiger charge is -1.95. The zero-order chi connectivity index (χ0) is 15.8. The van der Waals surface area contributed by atoms with Gasteiger partial charge in [0.15, 0.2) is 0 Å². The van der Waals surface area contributed by atoms with E-state index in [0.29, 0.717) is 6.61 Å². The Morgan fingerprint density at radius 1 is 1.19 bits per heavy atom. The fourth-order valence-corrected chi connectivity index (χ4v) is 3.03. The molecule has 0 amide bonds. The van der Waals surface area contributed by atoms with Crippen molar-refractivity contribution in [3.63, 3.8) is 0 Å². The molecular formula is C19H26OS. The van der Waals surface area contributed by atoms with Crippen molar-refractivity contribution in [3.05, 3.63) is 56.0 Å². The van der Waals surface area contributed by atoms with Crippen molar-refractivity contribution in [2.24, 2.45) is 0 Å². The predicted octanol–water partition coefficient (Wildman–Crippen LogP) is 5.77. The Balaban J connectivity index is 2.73. The topological polar surface area (TPSA) is 9.23 Å². The van der Waals surface area contributed by atoms with E-state index in [9.17, 15) is 0 Å². The first kappa shape index (κ1) is 17.7. The largest absolute Gasteiger partial charge is 0.381 e. The first-order valence-corrected chi connectivity index (χ1v) is 8.08. The van der Waals surface area contributed by atoms with Crippen molar-refractivity contribution < 1.29 is 4.74 Å². The molecule has 0 fully saturated rings. The second-order valence-electron chi connectivity index (χ2n) is 5.33. The van der Waals surface area contributed by atoms with Crippen LogP contribution in [-0.2, 0) is 4.74 Å². The number of hydrogen-bond acceptors (Lipinski definition) is 2. The molecule has 1 heterocycles. The van der Waals surface area contributed by atoms with E-state index in [2.05, 4.69) is 64.7 Å². The standard InChI is InChI=1S/C19H26OS/c1-14(8-7-9-15(2)12-13-20-6)10-11-19-16(3)17(4)21-18(19)5/h7,9,11-12H,8,13H2,1-6H3. The first-order chi connectivity index (χ1) is 9.95. The maximum absolute atomic E-state index is 5.02. The molecule has 2 heteroatoms. The van der Waals surface area contributed by atoms with Gasteiger partial charge in [-0.2, -0.15) is 0 Å². The number of ether oxygens (including phenoxy) is 1. The molecule has 21 heavy (non-hydrogen) atoms. The van der Waals surface area contributed by atoms with Gasteiger partial charge >= 0.3 is 0 Å². The van der Waals surface area contributed by atoms with Crippen LogP contribution in [0.2, 0.25) is 0 Å². The Hall–Kier alpha value is -1.34. The monoisotopic (exact) mass is 302 g/mol. The summed E-state index contributed by atoms with van der Waals surface area (Å²) in [5.41, 5.74) is 8.60. The Labute approximate surface area is 133 Å². The molecule has 1 aromatic rings. The quantitative estimate of drug-likeness (QED) is 0.479. The molecule has 0 bridgehead atoms. The van der Waals surface area contributed by atoms with Crippen LogP contribution < -0.4 is 0 Å². The van der Waals surface area contributed by atoms with E-state index < -0.39 is 0 Å². The summed E-state index contributed by atoms with van der Waals surface area (Å²) < 4.78 is 5.02. The van der Waals surface area contributed by atoms with Gasteiger partial charge in [-0.25, -0.2) is 0 Å². The molecule has 114 valence electrons. The number of thiophene rings is 1. The molecule has 1 aromatic heterocycles. The summed E-state index contributed by atoms with van der Waals surface area (Å²) in [6.45, 7) is 11.4. The van der Waals surface area contributed by atoms with Gasteiger partial charge in [0.05, 0.1) is 6.61 Å². The summed E-state index contributed by atoms with van der Waals surface area (Å²) in [7, 11) is 1.71. The zero-order valence-corrected chi connectivity index (χ0v) is 14.9. The number of rotatable bonds is 6. The van der Waals surface area contributed by atoms with E-state index in [1.165, 1.54) is 32.0 Å². The molecule has 0 saturated carbocycles. The summed E-state index contributed by atoms with van der Waals surface area (Å²) >= 11 is 1.86. The van der Waals surface area contributed by atoms with Gasteiger partial charge in [-0.3, -0.25) is 0 Å². The van der Waals surface area contributed by atoms with Crippen LogP contribution >= 0.6 is 11.3 Å². The molecule has 0 N–H and O–H groups in total. The molecule has 0 aliphatic rings. The van der Waals surface area contributed by atoms with E-state index >= 15 is 0 Å². The maximum Gasteiger partial charge on any atom is 0.0649 e. The van der Waals surface area contributed by atoms with Crippen LogP contribution in [0.5, 0.6) is 0 Å².